The fourth-order valence-corrected chi connectivity index (χ4v) is 10.1. The third-order valence-electron chi connectivity index (χ3n) is 14.4. The molecule has 3 heterocycles. The highest BCUT2D eigenvalue weighted by atomic mass is 16.6. The SMILES string of the molecule is CO[C@H]1CCC[C@@H](C[C@@H](C)[C@@H]2CC(=O)[C@H](C)/C=C(\C)[C@@H](O)[C@@H](OC)C(=O)[C@H](C)C[C@H](C)\C=C/C=C/C=C(\C)[C@@H](OC)C[C@@H]3CC[C@@H](C)[C@@](O)(O3)C(=O)C(=O)N3CCCC[C@H]3C(=O)O2)C1. The molecule has 3 aliphatic heterocycles. The second-order valence-electron chi connectivity index (χ2n) is 19.5. The van der Waals surface area contributed by atoms with Crippen molar-refractivity contribution in [2.24, 2.45) is 35.5 Å². The lowest BCUT2D eigenvalue weighted by atomic mass is 9.79. The third-order valence-corrected chi connectivity index (χ3v) is 14.4. The van der Waals surface area contributed by atoms with Gasteiger partial charge in [0.15, 0.2) is 5.78 Å². The summed E-state index contributed by atoms with van der Waals surface area (Å²) < 4.78 is 29.6. The molecular formula is C51H79NO12. The van der Waals surface area contributed by atoms with Gasteiger partial charge in [0, 0.05) is 58.5 Å². The van der Waals surface area contributed by atoms with Gasteiger partial charge in [-0.25, -0.2) is 4.79 Å². The lowest BCUT2D eigenvalue weighted by Crippen LogP contribution is -2.61. The summed E-state index contributed by atoms with van der Waals surface area (Å²) in [6.45, 7) is 12.9. The molecule has 1 amide bonds. The first-order valence-corrected chi connectivity index (χ1v) is 23.8. The van der Waals surface area contributed by atoms with Crippen molar-refractivity contribution in [2.75, 3.05) is 27.9 Å². The molecule has 0 aromatic heterocycles. The van der Waals surface area contributed by atoms with Crippen LogP contribution in [0.5, 0.6) is 0 Å². The van der Waals surface area contributed by atoms with E-state index in [2.05, 4.69) is 0 Å². The van der Waals surface area contributed by atoms with E-state index in [1.165, 1.54) is 12.0 Å². The van der Waals surface area contributed by atoms with Crippen molar-refractivity contribution in [1.29, 1.82) is 0 Å². The van der Waals surface area contributed by atoms with Crippen LogP contribution in [-0.2, 0) is 47.7 Å². The lowest BCUT2D eigenvalue weighted by molar-refractivity contribution is -0.265. The van der Waals surface area contributed by atoms with Crippen molar-refractivity contribution in [1.82, 2.24) is 4.90 Å². The maximum absolute atomic E-state index is 14.4. The van der Waals surface area contributed by atoms with Crippen molar-refractivity contribution < 1.29 is 57.9 Å². The first-order chi connectivity index (χ1) is 30.3. The Kier molecular flexibility index (Phi) is 20.8. The molecule has 1 aliphatic carbocycles. The second kappa shape index (κ2) is 25.0. The lowest BCUT2D eigenvalue weighted by Gasteiger charge is -2.42. The number of carbonyl (C=O) groups is 5. The number of allylic oxidation sites excluding steroid dienone is 6. The van der Waals surface area contributed by atoms with Gasteiger partial charge in [0.05, 0.1) is 18.3 Å². The number of Topliss-reactive ketones (excluding diaryl/α,β-unsaturated/α-hetero) is 3. The Hall–Kier alpha value is -3.33. The molecule has 64 heavy (non-hydrogen) atoms. The van der Waals surface area contributed by atoms with Crippen LogP contribution in [0.3, 0.4) is 0 Å². The number of cyclic esters (lactones) is 1. The van der Waals surface area contributed by atoms with E-state index in [0.717, 1.165) is 31.3 Å². The number of piperidine rings is 1. The maximum Gasteiger partial charge on any atom is 0.329 e. The Morgan fingerprint density at radius 2 is 1.58 bits per heavy atom. The average Bonchev–Trinajstić information content (AvgIpc) is 3.27. The number of ketones is 3. The van der Waals surface area contributed by atoms with Crippen molar-refractivity contribution in [3.63, 3.8) is 0 Å². The zero-order valence-corrected chi connectivity index (χ0v) is 40.3. The van der Waals surface area contributed by atoms with Crippen LogP contribution < -0.4 is 0 Å². The normalized spacial score (nSPS) is 39.7. The van der Waals surface area contributed by atoms with E-state index in [0.29, 0.717) is 56.4 Å². The van der Waals surface area contributed by atoms with Crippen LogP contribution in [0.1, 0.15) is 132 Å². The summed E-state index contributed by atoms with van der Waals surface area (Å²) in [5.74, 6) is -7.45. The fourth-order valence-electron chi connectivity index (χ4n) is 10.1. The molecule has 360 valence electrons. The molecule has 3 fully saturated rings. The van der Waals surface area contributed by atoms with Crippen LogP contribution in [0, 0.1) is 35.5 Å². The van der Waals surface area contributed by atoms with E-state index in [1.807, 2.05) is 58.1 Å². The number of hydrogen-bond acceptors (Lipinski definition) is 12. The first kappa shape index (κ1) is 53.3. The number of ether oxygens (including phenoxy) is 5. The van der Waals surface area contributed by atoms with Crippen LogP contribution in [0.15, 0.2) is 47.6 Å². The molecule has 13 nitrogen and oxygen atoms in total. The van der Waals surface area contributed by atoms with Crippen LogP contribution in [0.4, 0.5) is 0 Å². The number of rotatable bonds is 6. The number of methoxy groups -OCH3 is 3. The topological polar surface area (TPSA) is 175 Å². The summed E-state index contributed by atoms with van der Waals surface area (Å²) >= 11 is 0. The van der Waals surface area contributed by atoms with E-state index >= 15 is 0 Å². The van der Waals surface area contributed by atoms with Crippen molar-refractivity contribution in [2.45, 2.75) is 180 Å². The number of aliphatic hydroxyl groups excluding tert-OH is 1. The van der Waals surface area contributed by atoms with E-state index in [1.54, 1.807) is 41.1 Å². The van der Waals surface area contributed by atoms with Gasteiger partial charge in [-0.1, -0.05) is 83.9 Å². The van der Waals surface area contributed by atoms with Gasteiger partial charge in [0.1, 0.15) is 30.1 Å². The number of nitrogens with zero attached hydrogens (tertiary/aromatic N) is 1. The minimum Gasteiger partial charge on any atom is -0.460 e. The van der Waals surface area contributed by atoms with Gasteiger partial charge in [-0.05, 0) is 101 Å². The number of hydrogen-bond donors (Lipinski definition) is 2. The highest BCUT2D eigenvalue weighted by Gasteiger charge is 2.53. The monoisotopic (exact) mass is 898 g/mol. The fraction of sp³-hybridized carbons (Fsp3) is 0.745. The van der Waals surface area contributed by atoms with Crippen LogP contribution in [0.2, 0.25) is 0 Å². The molecule has 1 saturated carbocycles. The molecular weight excluding hydrogens is 819 g/mol. The van der Waals surface area contributed by atoms with Gasteiger partial charge in [0.2, 0.25) is 5.79 Å². The molecule has 4 aliphatic rings. The molecule has 2 saturated heterocycles. The number of fused-ring (bicyclic) bond motifs is 3. The summed E-state index contributed by atoms with van der Waals surface area (Å²) in [4.78, 5) is 71.8. The number of carbonyl (C=O) groups excluding carboxylic acids is 5. The largest absolute Gasteiger partial charge is 0.460 e. The molecule has 0 aromatic carbocycles. The zero-order valence-electron chi connectivity index (χ0n) is 40.3. The molecule has 2 N–H and O–H groups in total. The quantitative estimate of drug-likeness (QED) is 0.156. The van der Waals surface area contributed by atoms with E-state index < -0.39 is 77.8 Å². The van der Waals surface area contributed by atoms with E-state index in [-0.39, 0.29) is 48.9 Å². The van der Waals surface area contributed by atoms with Crippen molar-refractivity contribution >= 4 is 29.2 Å². The summed E-state index contributed by atoms with van der Waals surface area (Å²) in [5.41, 5.74) is 1.30. The Morgan fingerprint density at radius 1 is 0.844 bits per heavy atom. The Morgan fingerprint density at radius 3 is 2.27 bits per heavy atom. The van der Waals surface area contributed by atoms with Gasteiger partial charge >= 0.3 is 5.97 Å². The smallest absolute Gasteiger partial charge is 0.329 e. The summed E-state index contributed by atoms with van der Waals surface area (Å²) in [5, 5.41) is 23.4. The molecule has 14 atom stereocenters. The molecule has 0 spiro atoms. The highest BCUT2D eigenvalue weighted by Crippen LogP contribution is 2.37. The number of esters is 1. The molecule has 0 aromatic rings. The van der Waals surface area contributed by atoms with E-state index in [9.17, 15) is 34.2 Å². The van der Waals surface area contributed by atoms with Crippen molar-refractivity contribution in [3.8, 4) is 0 Å². The average molecular weight is 898 g/mol. The summed E-state index contributed by atoms with van der Waals surface area (Å²) in [7, 11) is 4.69. The molecule has 2 bridgehead atoms. The summed E-state index contributed by atoms with van der Waals surface area (Å²) in [6.07, 6.45) is 14.7. The van der Waals surface area contributed by atoms with Crippen LogP contribution in [0.25, 0.3) is 0 Å². The summed E-state index contributed by atoms with van der Waals surface area (Å²) in [6, 6.07) is -1.10. The first-order valence-electron chi connectivity index (χ1n) is 23.8. The highest BCUT2D eigenvalue weighted by molar-refractivity contribution is 6.39. The predicted molar refractivity (Wildman–Crippen MR) is 244 cm³/mol. The van der Waals surface area contributed by atoms with Gasteiger partial charge in [-0.3, -0.25) is 19.2 Å². The van der Waals surface area contributed by atoms with Crippen LogP contribution >= 0.6 is 0 Å². The third kappa shape index (κ3) is 14.1. The standard InChI is InChI=1S/C51H79NO12/c1-31-17-12-11-13-18-32(2)43(61-9)29-40-23-22-37(7)51(59,64-40)48(56)49(57)52-24-15-14-21-41(52)50(58)63-44(34(4)27-38-19-16-20-39(28-38)60-8)30-42(53)33(3)26-36(6)46(55)47(62-10)45(54)35(5)25-31/h11-13,17-18,26,31,33-35,37-41,43-44,46-47,55,59H,14-16,19-25,27-30H2,1-10H3/b13-11+,17-12-,32-18+,36-26+/t31-,33-,34-,35-,37-,38+,39+,40+,41+,43+,44+,46-,47+,51-/m1/s1. The second-order valence-corrected chi connectivity index (χ2v) is 19.5. The Bertz CT molecular complexity index is 1720. The Labute approximate surface area is 382 Å². The molecule has 0 unspecified atom stereocenters. The van der Waals surface area contributed by atoms with Gasteiger partial charge in [-0.15, -0.1) is 0 Å². The maximum atomic E-state index is 14.4. The minimum atomic E-state index is -2.41. The minimum absolute atomic E-state index is 0.0317. The molecule has 0 radical (unpaired) electrons. The van der Waals surface area contributed by atoms with Crippen molar-refractivity contribution in [3.05, 3.63) is 47.6 Å². The van der Waals surface area contributed by atoms with Gasteiger partial charge < -0.3 is 38.8 Å². The zero-order chi connectivity index (χ0) is 47.3. The molecule has 13 heteroatoms. The van der Waals surface area contributed by atoms with Crippen LogP contribution in [-0.4, -0.2) is 121 Å². The predicted octanol–water partition coefficient (Wildman–Crippen LogP) is 7.21. The van der Waals surface area contributed by atoms with Gasteiger partial charge in [0.25, 0.3) is 11.7 Å². The molecule has 4 rings (SSSR count). The van der Waals surface area contributed by atoms with E-state index in [4.69, 9.17) is 23.7 Å². The van der Waals surface area contributed by atoms with Gasteiger partial charge in [-0.2, -0.15) is 0 Å². The Balaban J connectivity index is 1.70. The number of amides is 1. The number of aliphatic hydroxyl groups is 2.